The lowest BCUT2D eigenvalue weighted by atomic mass is 10.1. The van der Waals surface area contributed by atoms with Crippen molar-refractivity contribution >= 4 is 34.1 Å². The summed E-state index contributed by atoms with van der Waals surface area (Å²) in [6.07, 6.45) is 1.96. The van der Waals surface area contributed by atoms with Crippen molar-refractivity contribution in [2.75, 3.05) is 5.32 Å². The Balaban J connectivity index is 1.88. The van der Waals surface area contributed by atoms with Crippen molar-refractivity contribution in [2.24, 2.45) is 0 Å². The predicted molar refractivity (Wildman–Crippen MR) is 96.2 cm³/mol. The average Bonchev–Trinajstić information content (AvgIpc) is 2.93. The molecule has 1 heterocycles. The lowest BCUT2D eigenvalue weighted by Crippen LogP contribution is -2.23. The summed E-state index contributed by atoms with van der Waals surface area (Å²) >= 11 is 6.11. The van der Waals surface area contributed by atoms with Crippen molar-refractivity contribution in [1.82, 2.24) is 4.57 Å². The minimum Gasteiger partial charge on any atom is -0.335 e. The number of halogens is 1. The summed E-state index contributed by atoms with van der Waals surface area (Å²) in [6, 6.07) is 13.5. The lowest BCUT2D eigenvalue weighted by Gasteiger charge is -2.17. The summed E-state index contributed by atoms with van der Waals surface area (Å²) < 4.78 is 1.99. The van der Waals surface area contributed by atoms with Crippen molar-refractivity contribution in [3.05, 3.63) is 64.8 Å². The topological polar surface area (TPSA) is 34.0 Å². The number of fused-ring (bicyclic) bond motifs is 1. The van der Waals surface area contributed by atoms with Crippen LogP contribution in [-0.2, 0) is 4.79 Å². The Kier molecular flexibility index (Phi) is 4.14. The maximum absolute atomic E-state index is 12.6. The molecule has 0 aliphatic heterocycles. The largest absolute Gasteiger partial charge is 0.335 e. The quantitative estimate of drug-likeness (QED) is 0.713. The molecule has 0 radical (unpaired) electrons. The average molecular weight is 327 g/mol. The molecule has 2 aromatic carbocycles. The molecule has 0 aliphatic rings. The molecule has 0 saturated carbocycles. The fourth-order valence-corrected chi connectivity index (χ4v) is 2.90. The highest BCUT2D eigenvalue weighted by atomic mass is 35.5. The van der Waals surface area contributed by atoms with Gasteiger partial charge in [0.05, 0.1) is 0 Å². The first-order valence-electron chi connectivity index (χ1n) is 7.60. The van der Waals surface area contributed by atoms with Crippen LogP contribution in [0.1, 0.15) is 24.1 Å². The van der Waals surface area contributed by atoms with Gasteiger partial charge in [-0.2, -0.15) is 0 Å². The Morgan fingerprint density at radius 2 is 1.96 bits per heavy atom. The van der Waals surface area contributed by atoms with Gasteiger partial charge in [0, 0.05) is 22.4 Å². The van der Waals surface area contributed by atoms with Gasteiger partial charge in [-0.3, -0.25) is 4.79 Å². The molecule has 1 N–H and O–H groups in total. The fraction of sp³-hybridized carbons (Fsp3) is 0.211. The Morgan fingerprint density at radius 3 is 2.74 bits per heavy atom. The van der Waals surface area contributed by atoms with Crippen molar-refractivity contribution in [2.45, 2.75) is 26.8 Å². The zero-order chi connectivity index (χ0) is 16.6. The zero-order valence-corrected chi connectivity index (χ0v) is 14.2. The number of carbonyl (C=O) groups is 1. The number of hydrogen-bond donors (Lipinski definition) is 1. The van der Waals surface area contributed by atoms with Crippen LogP contribution in [0.5, 0.6) is 0 Å². The van der Waals surface area contributed by atoms with Gasteiger partial charge >= 0.3 is 0 Å². The number of carbonyl (C=O) groups excluding carboxylic acids is 1. The molecule has 1 atom stereocenters. The van der Waals surface area contributed by atoms with Crippen LogP contribution in [0.2, 0.25) is 5.02 Å². The number of hydrogen-bond acceptors (Lipinski definition) is 1. The molecule has 3 nitrogen and oxygen atoms in total. The zero-order valence-electron chi connectivity index (χ0n) is 13.4. The second-order valence-electron chi connectivity index (χ2n) is 5.86. The van der Waals surface area contributed by atoms with Crippen molar-refractivity contribution < 1.29 is 4.79 Å². The highest BCUT2D eigenvalue weighted by Crippen LogP contribution is 2.25. The van der Waals surface area contributed by atoms with E-state index in [9.17, 15) is 4.79 Å². The van der Waals surface area contributed by atoms with Gasteiger partial charge in [0.15, 0.2) is 0 Å². The van der Waals surface area contributed by atoms with E-state index in [-0.39, 0.29) is 11.9 Å². The fourth-order valence-electron chi connectivity index (χ4n) is 2.73. The number of benzene rings is 2. The lowest BCUT2D eigenvalue weighted by molar-refractivity contribution is -0.118. The Morgan fingerprint density at radius 1 is 1.17 bits per heavy atom. The van der Waals surface area contributed by atoms with Crippen LogP contribution < -0.4 is 5.32 Å². The normalized spacial score (nSPS) is 12.3. The van der Waals surface area contributed by atoms with Crippen LogP contribution in [0.15, 0.2) is 48.7 Å². The molecule has 1 aromatic heterocycles. The first-order chi connectivity index (χ1) is 11.0. The van der Waals surface area contributed by atoms with E-state index in [2.05, 4.69) is 30.4 Å². The van der Waals surface area contributed by atoms with Crippen LogP contribution in [0.3, 0.4) is 0 Å². The molecule has 4 heteroatoms. The van der Waals surface area contributed by atoms with Gasteiger partial charge in [0.1, 0.15) is 6.04 Å². The summed E-state index contributed by atoms with van der Waals surface area (Å²) in [7, 11) is 0. The number of amides is 1. The smallest absolute Gasteiger partial charge is 0.247 e. The predicted octanol–water partition coefficient (Wildman–Crippen LogP) is 5.11. The van der Waals surface area contributed by atoms with E-state index in [1.54, 1.807) is 0 Å². The molecule has 0 aliphatic carbocycles. The number of aryl methyl sites for hydroxylation is 1. The first kappa shape index (κ1) is 15.6. The molecule has 3 aromatic rings. The van der Waals surface area contributed by atoms with Gasteiger partial charge in [-0.1, -0.05) is 29.3 Å². The van der Waals surface area contributed by atoms with E-state index in [1.165, 1.54) is 5.56 Å². The SMILES string of the molecule is Cc1ccc2c(ccn2C(C)C(=O)Nc2cccc(Cl)c2C)c1. The van der Waals surface area contributed by atoms with Crippen molar-refractivity contribution in [3.8, 4) is 0 Å². The molecule has 1 unspecified atom stereocenters. The highest BCUT2D eigenvalue weighted by Gasteiger charge is 2.17. The van der Waals surface area contributed by atoms with Crippen LogP contribution in [-0.4, -0.2) is 10.5 Å². The van der Waals surface area contributed by atoms with Crippen LogP contribution >= 0.6 is 11.6 Å². The summed E-state index contributed by atoms with van der Waals surface area (Å²) in [5, 5.41) is 4.76. The first-order valence-corrected chi connectivity index (χ1v) is 7.98. The molecule has 23 heavy (non-hydrogen) atoms. The second-order valence-corrected chi connectivity index (χ2v) is 6.27. The minimum atomic E-state index is -0.311. The Labute approximate surface area is 140 Å². The number of anilines is 1. The van der Waals surface area contributed by atoms with Gasteiger partial charge in [0.25, 0.3) is 0 Å². The standard InChI is InChI=1S/C19H19ClN2O/c1-12-7-8-18-15(11-12)9-10-22(18)14(3)19(23)21-17-6-4-5-16(20)13(17)2/h4-11,14H,1-3H3,(H,21,23). The number of nitrogens with one attached hydrogen (secondary N) is 1. The highest BCUT2D eigenvalue weighted by molar-refractivity contribution is 6.31. The van der Waals surface area contributed by atoms with Crippen LogP contribution in [0.4, 0.5) is 5.69 Å². The van der Waals surface area contributed by atoms with E-state index in [1.807, 2.05) is 48.9 Å². The molecule has 0 saturated heterocycles. The molecule has 1 amide bonds. The molecule has 0 bridgehead atoms. The van der Waals surface area contributed by atoms with Gasteiger partial charge < -0.3 is 9.88 Å². The molecular weight excluding hydrogens is 308 g/mol. The van der Waals surface area contributed by atoms with Crippen LogP contribution in [0, 0.1) is 13.8 Å². The van der Waals surface area contributed by atoms with Gasteiger partial charge in [-0.15, -0.1) is 0 Å². The van der Waals surface area contributed by atoms with Gasteiger partial charge in [-0.05, 0) is 62.1 Å². The van der Waals surface area contributed by atoms with Crippen molar-refractivity contribution in [1.29, 1.82) is 0 Å². The molecular formula is C19H19ClN2O. The minimum absolute atomic E-state index is 0.0616. The Bertz CT molecular complexity index is 882. The molecule has 0 fully saturated rings. The number of rotatable bonds is 3. The van der Waals surface area contributed by atoms with Crippen molar-refractivity contribution in [3.63, 3.8) is 0 Å². The molecule has 0 spiro atoms. The summed E-state index contributed by atoms with van der Waals surface area (Å²) in [5.41, 5.74) is 3.90. The third-order valence-electron chi connectivity index (χ3n) is 4.20. The maximum atomic E-state index is 12.6. The number of nitrogens with zero attached hydrogens (tertiary/aromatic N) is 1. The van der Waals surface area contributed by atoms with E-state index < -0.39 is 0 Å². The van der Waals surface area contributed by atoms with E-state index in [0.717, 1.165) is 22.2 Å². The third-order valence-corrected chi connectivity index (χ3v) is 4.61. The second kappa shape index (κ2) is 6.09. The molecule has 118 valence electrons. The monoisotopic (exact) mass is 326 g/mol. The van der Waals surface area contributed by atoms with E-state index in [0.29, 0.717) is 5.02 Å². The Hall–Kier alpha value is -2.26. The summed E-state index contributed by atoms with van der Waals surface area (Å²) in [6.45, 7) is 5.86. The van der Waals surface area contributed by atoms with Crippen LogP contribution in [0.25, 0.3) is 10.9 Å². The summed E-state index contributed by atoms with van der Waals surface area (Å²) in [4.78, 5) is 12.6. The van der Waals surface area contributed by atoms with Gasteiger partial charge in [0.2, 0.25) is 5.91 Å². The number of aromatic nitrogens is 1. The van der Waals surface area contributed by atoms with E-state index >= 15 is 0 Å². The van der Waals surface area contributed by atoms with Gasteiger partial charge in [-0.25, -0.2) is 0 Å². The third kappa shape index (κ3) is 2.97. The van der Waals surface area contributed by atoms with E-state index in [4.69, 9.17) is 11.6 Å². The maximum Gasteiger partial charge on any atom is 0.247 e. The molecule has 3 rings (SSSR count). The summed E-state index contributed by atoms with van der Waals surface area (Å²) in [5.74, 6) is -0.0616.